The van der Waals surface area contributed by atoms with Crippen LogP contribution in [0.5, 0.6) is 0 Å². The highest BCUT2D eigenvalue weighted by molar-refractivity contribution is 7.92. The lowest BCUT2D eigenvalue weighted by atomic mass is 10.1. The molecule has 2 aromatic rings. The van der Waals surface area contributed by atoms with Gasteiger partial charge in [-0.15, -0.1) is 0 Å². The van der Waals surface area contributed by atoms with Crippen molar-refractivity contribution in [2.45, 2.75) is 51.2 Å². The smallest absolute Gasteiger partial charge is 0.244 e. The maximum absolute atomic E-state index is 13.7. The first-order valence-electron chi connectivity index (χ1n) is 11.2. The molecule has 1 fully saturated rings. The predicted octanol–water partition coefficient (Wildman–Crippen LogP) is 4.37. The number of carbonyl (C=O) groups is 2. The maximum Gasteiger partial charge on any atom is 0.244 e. The molecule has 7 nitrogen and oxygen atoms in total. The van der Waals surface area contributed by atoms with Crippen LogP contribution < -0.4 is 9.62 Å². The summed E-state index contributed by atoms with van der Waals surface area (Å²) in [4.78, 5) is 27.8. The topological polar surface area (TPSA) is 86.8 Å². The number of anilines is 1. The van der Waals surface area contributed by atoms with E-state index < -0.39 is 34.3 Å². The molecule has 0 aliphatic heterocycles. The van der Waals surface area contributed by atoms with Gasteiger partial charge in [-0.25, -0.2) is 12.8 Å². The average Bonchev–Trinajstić information content (AvgIpc) is 3.30. The molecular formula is C24H28Cl2FN3O4S. The van der Waals surface area contributed by atoms with Crippen LogP contribution in [-0.4, -0.2) is 50.0 Å². The molecule has 2 amide bonds. The van der Waals surface area contributed by atoms with Gasteiger partial charge in [0.2, 0.25) is 21.8 Å². The van der Waals surface area contributed by atoms with Gasteiger partial charge >= 0.3 is 0 Å². The van der Waals surface area contributed by atoms with Crippen molar-refractivity contribution in [2.24, 2.45) is 0 Å². The lowest BCUT2D eigenvalue weighted by Crippen LogP contribution is -2.52. The molecule has 0 radical (unpaired) electrons. The van der Waals surface area contributed by atoms with Gasteiger partial charge < -0.3 is 10.2 Å². The molecule has 3 rings (SSSR count). The minimum atomic E-state index is -3.93. The zero-order valence-electron chi connectivity index (χ0n) is 19.5. The molecule has 0 heterocycles. The fourth-order valence-corrected chi connectivity index (χ4v) is 5.16. The molecule has 0 aromatic heterocycles. The average molecular weight is 544 g/mol. The molecule has 2 aromatic carbocycles. The molecule has 1 saturated carbocycles. The number of amides is 2. The normalized spacial score (nSPS) is 15.0. The Kier molecular flexibility index (Phi) is 9.01. The van der Waals surface area contributed by atoms with Crippen LogP contribution in [0, 0.1) is 5.82 Å². The number of sulfonamides is 1. The Hall–Kier alpha value is -2.36. The fraction of sp³-hybridized carbons (Fsp3) is 0.417. The number of halogens is 3. The van der Waals surface area contributed by atoms with Crippen LogP contribution in [0.2, 0.25) is 10.0 Å². The van der Waals surface area contributed by atoms with E-state index in [-0.39, 0.29) is 29.2 Å². The summed E-state index contributed by atoms with van der Waals surface area (Å²) in [5.74, 6) is -1.62. The Labute approximate surface area is 215 Å². The predicted molar refractivity (Wildman–Crippen MR) is 135 cm³/mol. The van der Waals surface area contributed by atoms with Crippen LogP contribution in [0.1, 0.15) is 38.2 Å². The number of benzene rings is 2. The second-order valence-electron chi connectivity index (χ2n) is 8.68. The maximum atomic E-state index is 13.7. The first-order chi connectivity index (χ1) is 16.5. The molecule has 11 heteroatoms. The van der Waals surface area contributed by atoms with E-state index in [0.717, 1.165) is 53.9 Å². The number of nitrogens with one attached hydrogen (secondary N) is 1. The molecule has 35 heavy (non-hydrogen) atoms. The molecule has 1 aliphatic carbocycles. The molecular weight excluding hydrogens is 516 g/mol. The Morgan fingerprint density at radius 1 is 1.11 bits per heavy atom. The van der Waals surface area contributed by atoms with E-state index in [0.29, 0.717) is 5.02 Å². The van der Waals surface area contributed by atoms with Gasteiger partial charge in [0, 0.05) is 17.6 Å². The quantitative estimate of drug-likeness (QED) is 0.508. The van der Waals surface area contributed by atoms with Crippen LogP contribution in [0.3, 0.4) is 0 Å². The van der Waals surface area contributed by atoms with E-state index in [1.165, 1.54) is 11.0 Å². The minimum absolute atomic E-state index is 0.0433. The van der Waals surface area contributed by atoms with Crippen LogP contribution in [0.15, 0.2) is 42.5 Å². The van der Waals surface area contributed by atoms with Crippen LogP contribution in [-0.2, 0) is 26.2 Å². The molecule has 1 N–H and O–H groups in total. The van der Waals surface area contributed by atoms with E-state index in [4.69, 9.17) is 23.2 Å². The van der Waals surface area contributed by atoms with Gasteiger partial charge in [0.25, 0.3) is 0 Å². The summed E-state index contributed by atoms with van der Waals surface area (Å²) in [7, 11) is -3.93. The Balaban J connectivity index is 1.88. The van der Waals surface area contributed by atoms with E-state index in [1.807, 2.05) is 0 Å². The molecule has 0 bridgehead atoms. The van der Waals surface area contributed by atoms with Crippen molar-refractivity contribution >= 4 is 50.7 Å². The Morgan fingerprint density at radius 3 is 2.31 bits per heavy atom. The van der Waals surface area contributed by atoms with Gasteiger partial charge in [-0.05, 0) is 55.7 Å². The third-order valence-electron chi connectivity index (χ3n) is 6.01. The first kappa shape index (κ1) is 27.2. The highest BCUT2D eigenvalue weighted by atomic mass is 35.5. The summed E-state index contributed by atoms with van der Waals surface area (Å²) < 4.78 is 39.6. The van der Waals surface area contributed by atoms with Crippen molar-refractivity contribution in [3.8, 4) is 0 Å². The molecule has 1 atom stereocenters. The van der Waals surface area contributed by atoms with Gasteiger partial charge in [-0.2, -0.15) is 0 Å². The highest BCUT2D eigenvalue weighted by Crippen LogP contribution is 2.25. The van der Waals surface area contributed by atoms with Gasteiger partial charge in [-0.1, -0.05) is 48.2 Å². The van der Waals surface area contributed by atoms with E-state index in [9.17, 15) is 22.4 Å². The summed E-state index contributed by atoms with van der Waals surface area (Å²) in [5.41, 5.74) is 0.765. The monoisotopic (exact) mass is 543 g/mol. The lowest BCUT2D eigenvalue weighted by molar-refractivity contribution is -0.139. The van der Waals surface area contributed by atoms with Crippen LogP contribution in [0.4, 0.5) is 10.1 Å². The SMILES string of the molecule is C[C@@H](C(=O)NC1CCCC1)N(Cc1ccc(Cl)cc1)C(=O)CN(c1ccc(F)c(Cl)c1)S(C)(=O)=O. The van der Waals surface area contributed by atoms with Crippen molar-refractivity contribution in [1.29, 1.82) is 0 Å². The first-order valence-corrected chi connectivity index (χ1v) is 13.8. The van der Waals surface area contributed by atoms with Crippen molar-refractivity contribution in [2.75, 3.05) is 17.1 Å². The van der Waals surface area contributed by atoms with Crippen molar-refractivity contribution in [3.63, 3.8) is 0 Å². The lowest BCUT2D eigenvalue weighted by Gasteiger charge is -2.32. The summed E-state index contributed by atoms with van der Waals surface area (Å²) in [5, 5.41) is 3.24. The number of hydrogen-bond donors (Lipinski definition) is 1. The van der Waals surface area contributed by atoms with Crippen molar-refractivity contribution in [1.82, 2.24) is 10.2 Å². The van der Waals surface area contributed by atoms with Crippen molar-refractivity contribution < 1.29 is 22.4 Å². The van der Waals surface area contributed by atoms with Gasteiger partial charge in [0.05, 0.1) is 17.0 Å². The molecule has 1 aliphatic rings. The summed E-state index contributed by atoms with van der Waals surface area (Å²) >= 11 is 11.8. The number of nitrogens with zero attached hydrogens (tertiary/aromatic N) is 2. The zero-order valence-corrected chi connectivity index (χ0v) is 21.8. The second-order valence-corrected chi connectivity index (χ2v) is 11.4. The second kappa shape index (κ2) is 11.6. The fourth-order valence-electron chi connectivity index (χ4n) is 4.01. The van der Waals surface area contributed by atoms with E-state index >= 15 is 0 Å². The van der Waals surface area contributed by atoms with Crippen LogP contribution in [0.25, 0.3) is 0 Å². The van der Waals surface area contributed by atoms with Gasteiger partial charge in [0.1, 0.15) is 18.4 Å². The van der Waals surface area contributed by atoms with Gasteiger partial charge in [0.15, 0.2) is 0 Å². The number of hydrogen-bond acceptors (Lipinski definition) is 4. The molecule has 190 valence electrons. The summed E-state index contributed by atoms with van der Waals surface area (Å²) in [6.07, 6.45) is 4.79. The van der Waals surface area contributed by atoms with Gasteiger partial charge in [-0.3, -0.25) is 13.9 Å². The number of carbonyl (C=O) groups excluding carboxylic acids is 2. The third-order valence-corrected chi connectivity index (χ3v) is 7.69. The minimum Gasteiger partial charge on any atom is -0.352 e. The molecule has 0 spiro atoms. The van der Waals surface area contributed by atoms with E-state index in [2.05, 4.69) is 5.32 Å². The zero-order chi connectivity index (χ0) is 25.8. The third kappa shape index (κ3) is 7.32. The molecule has 0 saturated heterocycles. The summed E-state index contributed by atoms with van der Waals surface area (Å²) in [6.45, 7) is 1.09. The summed E-state index contributed by atoms with van der Waals surface area (Å²) in [6, 6.07) is 9.42. The largest absolute Gasteiger partial charge is 0.352 e. The highest BCUT2D eigenvalue weighted by Gasteiger charge is 2.31. The van der Waals surface area contributed by atoms with Crippen molar-refractivity contribution in [3.05, 3.63) is 63.9 Å². The van der Waals surface area contributed by atoms with E-state index in [1.54, 1.807) is 31.2 Å². The standard InChI is InChI=1S/C24H28Cl2FN3O4S/c1-16(24(32)28-19-5-3-4-6-19)29(14-17-7-9-18(25)10-8-17)23(31)15-30(35(2,33)34)20-11-12-22(27)21(26)13-20/h7-13,16,19H,3-6,14-15H2,1-2H3,(H,28,32)/t16-/m0/s1. The Bertz CT molecular complexity index is 1170. The number of rotatable bonds is 9. The Morgan fingerprint density at radius 2 is 1.74 bits per heavy atom. The molecule has 0 unspecified atom stereocenters. The van der Waals surface area contributed by atoms with Crippen LogP contribution >= 0.6 is 23.2 Å².